The lowest BCUT2D eigenvalue weighted by Crippen LogP contribution is -2.30. The van der Waals surface area contributed by atoms with Crippen LogP contribution in [0.3, 0.4) is 0 Å². The molecule has 2 amide bonds. The maximum Gasteiger partial charge on any atom is 0.254 e. The Morgan fingerprint density at radius 2 is 1.92 bits per heavy atom. The zero-order valence-corrected chi connectivity index (χ0v) is 15.7. The number of amides is 2. The first kappa shape index (κ1) is 18.5. The fourth-order valence-electron chi connectivity index (χ4n) is 3.21. The average molecular weight is 371 g/mol. The minimum atomic E-state index is -0.00345. The van der Waals surface area contributed by atoms with E-state index in [1.807, 2.05) is 60.4 Å². The third kappa shape index (κ3) is 4.44. The molecule has 26 heavy (non-hydrogen) atoms. The first-order valence-electron chi connectivity index (χ1n) is 8.97. The number of hydrogen-bond acceptors (Lipinski definition) is 2. The van der Waals surface area contributed by atoms with Gasteiger partial charge in [0.05, 0.1) is 0 Å². The van der Waals surface area contributed by atoms with Gasteiger partial charge in [-0.3, -0.25) is 9.59 Å². The second kappa shape index (κ2) is 8.37. The SMILES string of the molecule is CCN(Cc1cccc(Cl)c1)C(=O)c1ccc(CN2CCCC2=O)cc1. The zero-order valence-electron chi connectivity index (χ0n) is 15.0. The van der Waals surface area contributed by atoms with E-state index in [1.165, 1.54) is 0 Å². The van der Waals surface area contributed by atoms with E-state index in [0.29, 0.717) is 36.6 Å². The number of halogens is 1. The van der Waals surface area contributed by atoms with Crippen LogP contribution in [0.15, 0.2) is 48.5 Å². The highest BCUT2D eigenvalue weighted by Crippen LogP contribution is 2.17. The minimum absolute atomic E-state index is 0.00345. The highest BCUT2D eigenvalue weighted by molar-refractivity contribution is 6.30. The summed E-state index contributed by atoms with van der Waals surface area (Å²) in [5.41, 5.74) is 2.72. The highest BCUT2D eigenvalue weighted by Gasteiger charge is 2.20. The van der Waals surface area contributed by atoms with E-state index < -0.39 is 0 Å². The van der Waals surface area contributed by atoms with Crippen LogP contribution in [0, 0.1) is 0 Å². The summed E-state index contributed by atoms with van der Waals surface area (Å²) in [6, 6.07) is 15.1. The third-order valence-corrected chi connectivity index (χ3v) is 4.91. The summed E-state index contributed by atoms with van der Waals surface area (Å²) in [6.45, 7) is 4.56. The molecule has 0 bridgehead atoms. The quantitative estimate of drug-likeness (QED) is 0.767. The van der Waals surface area contributed by atoms with Gasteiger partial charge in [0.25, 0.3) is 5.91 Å². The summed E-state index contributed by atoms with van der Waals surface area (Å²) in [6.07, 6.45) is 1.58. The molecule has 0 unspecified atom stereocenters. The molecule has 1 heterocycles. The lowest BCUT2D eigenvalue weighted by molar-refractivity contribution is -0.128. The molecule has 4 nitrogen and oxygen atoms in total. The normalized spacial score (nSPS) is 13.9. The van der Waals surface area contributed by atoms with Gasteiger partial charge in [-0.05, 0) is 48.7 Å². The Bertz CT molecular complexity index is 789. The topological polar surface area (TPSA) is 40.6 Å². The van der Waals surface area contributed by atoms with Crippen molar-refractivity contribution in [2.45, 2.75) is 32.9 Å². The Kier molecular flexibility index (Phi) is 5.94. The summed E-state index contributed by atoms with van der Waals surface area (Å²) >= 11 is 6.03. The van der Waals surface area contributed by atoms with E-state index >= 15 is 0 Å². The van der Waals surface area contributed by atoms with Gasteiger partial charge in [-0.2, -0.15) is 0 Å². The van der Waals surface area contributed by atoms with Gasteiger partial charge < -0.3 is 9.80 Å². The second-order valence-corrected chi connectivity index (χ2v) is 7.00. The zero-order chi connectivity index (χ0) is 18.5. The van der Waals surface area contributed by atoms with Crippen LogP contribution in [0.25, 0.3) is 0 Å². The van der Waals surface area contributed by atoms with Crippen LogP contribution in [-0.4, -0.2) is 34.7 Å². The van der Waals surface area contributed by atoms with E-state index in [9.17, 15) is 9.59 Å². The van der Waals surface area contributed by atoms with Gasteiger partial charge in [0, 0.05) is 43.2 Å². The number of likely N-dealkylation sites (tertiary alicyclic amines) is 1. The van der Waals surface area contributed by atoms with Crippen LogP contribution in [-0.2, 0) is 17.9 Å². The van der Waals surface area contributed by atoms with Crippen molar-refractivity contribution in [3.8, 4) is 0 Å². The number of carbonyl (C=O) groups is 2. The largest absolute Gasteiger partial charge is 0.338 e. The summed E-state index contributed by atoms with van der Waals surface area (Å²) in [5, 5.41) is 0.673. The first-order valence-corrected chi connectivity index (χ1v) is 9.35. The van der Waals surface area contributed by atoms with Crippen LogP contribution in [0.5, 0.6) is 0 Å². The van der Waals surface area contributed by atoms with Crippen molar-refractivity contribution < 1.29 is 9.59 Å². The van der Waals surface area contributed by atoms with Crippen molar-refractivity contribution in [1.82, 2.24) is 9.80 Å². The van der Waals surface area contributed by atoms with Gasteiger partial charge in [-0.1, -0.05) is 35.9 Å². The molecule has 136 valence electrons. The van der Waals surface area contributed by atoms with Crippen LogP contribution >= 0.6 is 11.6 Å². The van der Waals surface area contributed by atoms with Gasteiger partial charge in [-0.25, -0.2) is 0 Å². The molecule has 2 aromatic rings. The van der Waals surface area contributed by atoms with Gasteiger partial charge in [0.1, 0.15) is 0 Å². The molecule has 0 radical (unpaired) electrons. The van der Waals surface area contributed by atoms with Crippen molar-refractivity contribution in [2.24, 2.45) is 0 Å². The van der Waals surface area contributed by atoms with Crippen molar-refractivity contribution in [3.05, 3.63) is 70.2 Å². The number of rotatable bonds is 6. The van der Waals surface area contributed by atoms with Crippen molar-refractivity contribution >= 4 is 23.4 Å². The molecule has 2 aromatic carbocycles. The van der Waals surface area contributed by atoms with E-state index in [1.54, 1.807) is 4.90 Å². The van der Waals surface area contributed by atoms with E-state index in [4.69, 9.17) is 11.6 Å². The Hall–Kier alpha value is -2.33. The van der Waals surface area contributed by atoms with Crippen molar-refractivity contribution in [1.29, 1.82) is 0 Å². The van der Waals surface area contributed by atoms with Gasteiger partial charge >= 0.3 is 0 Å². The summed E-state index contributed by atoms with van der Waals surface area (Å²) < 4.78 is 0. The molecular weight excluding hydrogens is 348 g/mol. The second-order valence-electron chi connectivity index (χ2n) is 6.57. The predicted molar refractivity (Wildman–Crippen MR) is 103 cm³/mol. The molecule has 0 N–H and O–H groups in total. The molecule has 1 saturated heterocycles. The lowest BCUT2D eigenvalue weighted by atomic mass is 10.1. The number of hydrogen-bond donors (Lipinski definition) is 0. The Balaban J connectivity index is 1.66. The molecule has 0 aromatic heterocycles. The Morgan fingerprint density at radius 1 is 1.15 bits per heavy atom. The Morgan fingerprint density at radius 3 is 2.54 bits per heavy atom. The molecule has 3 rings (SSSR count). The molecule has 0 aliphatic carbocycles. The van der Waals surface area contributed by atoms with E-state index in [2.05, 4.69) is 0 Å². The fraction of sp³-hybridized carbons (Fsp3) is 0.333. The summed E-state index contributed by atoms with van der Waals surface area (Å²) in [5.74, 6) is 0.208. The maximum atomic E-state index is 12.8. The standard InChI is InChI=1S/C21H23ClN2O2/c1-2-23(15-17-5-3-6-19(22)13-17)21(26)18-10-8-16(9-11-18)14-24-12-4-7-20(24)25/h3,5-6,8-11,13H,2,4,7,12,14-15H2,1H3. The number of carbonyl (C=O) groups excluding carboxylic acids is 2. The summed E-state index contributed by atoms with van der Waals surface area (Å²) in [4.78, 5) is 28.2. The average Bonchev–Trinajstić information content (AvgIpc) is 3.04. The van der Waals surface area contributed by atoms with Crippen LogP contribution in [0.1, 0.15) is 41.3 Å². The maximum absolute atomic E-state index is 12.8. The van der Waals surface area contributed by atoms with Crippen molar-refractivity contribution in [2.75, 3.05) is 13.1 Å². The summed E-state index contributed by atoms with van der Waals surface area (Å²) in [7, 11) is 0. The minimum Gasteiger partial charge on any atom is -0.338 e. The van der Waals surface area contributed by atoms with E-state index in [0.717, 1.165) is 24.1 Å². The molecule has 0 atom stereocenters. The van der Waals surface area contributed by atoms with Crippen LogP contribution < -0.4 is 0 Å². The monoisotopic (exact) mass is 370 g/mol. The smallest absolute Gasteiger partial charge is 0.254 e. The number of benzene rings is 2. The fourth-order valence-corrected chi connectivity index (χ4v) is 3.42. The third-order valence-electron chi connectivity index (χ3n) is 4.68. The van der Waals surface area contributed by atoms with Gasteiger partial charge in [-0.15, -0.1) is 0 Å². The molecule has 1 aliphatic rings. The predicted octanol–water partition coefficient (Wildman–Crippen LogP) is 4.12. The Labute approximate surface area is 159 Å². The van der Waals surface area contributed by atoms with Crippen molar-refractivity contribution in [3.63, 3.8) is 0 Å². The molecule has 5 heteroatoms. The van der Waals surface area contributed by atoms with Gasteiger partial charge in [0.15, 0.2) is 0 Å². The lowest BCUT2D eigenvalue weighted by Gasteiger charge is -2.21. The molecule has 0 spiro atoms. The molecule has 1 aliphatic heterocycles. The van der Waals surface area contributed by atoms with E-state index in [-0.39, 0.29) is 11.8 Å². The van der Waals surface area contributed by atoms with Crippen LogP contribution in [0.2, 0.25) is 5.02 Å². The van der Waals surface area contributed by atoms with Crippen LogP contribution in [0.4, 0.5) is 0 Å². The van der Waals surface area contributed by atoms with Gasteiger partial charge in [0.2, 0.25) is 5.91 Å². The molecule has 0 saturated carbocycles. The number of nitrogens with zero attached hydrogens (tertiary/aromatic N) is 2. The molecular formula is C21H23ClN2O2. The highest BCUT2D eigenvalue weighted by atomic mass is 35.5. The first-order chi connectivity index (χ1) is 12.6. The molecule has 1 fully saturated rings.